The largest absolute Gasteiger partial charge is 1.41 e. The minimum absolute atomic E-state index is 1.35. The minimum atomic E-state index is 1.35. The van der Waals surface area contributed by atoms with Crippen LogP contribution in [0.15, 0.2) is 0 Å². The molecule has 7 radical (unpaired) electrons. The summed E-state index contributed by atoms with van der Waals surface area (Å²) in [6.07, 6.45) is 2.75. The third kappa shape index (κ3) is 23.5. The van der Waals surface area contributed by atoms with E-state index in [4.69, 9.17) is 10.5 Å². The average Bonchev–Trinajstić information content (AvgIpc) is 1.93. The van der Waals surface area contributed by atoms with Crippen molar-refractivity contribution in [3.63, 3.8) is 0 Å². The van der Waals surface area contributed by atoms with Crippen LogP contribution in [0, 0.1) is 0 Å². The van der Waals surface area contributed by atoms with Crippen LogP contribution in [-0.4, -0.2) is 21.7 Å². The van der Waals surface area contributed by atoms with Gasteiger partial charge in [0.05, 0.1) is 0 Å². The Bertz CT molecular complexity index is 34.6. The maximum absolute atomic E-state index is 8.48. The topological polar surface area (TPSA) is 73.8 Å². The molecule has 0 aliphatic heterocycles. The van der Waals surface area contributed by atoms with Gasteiger partial charge in [0.25, 0.3) is 4.55 Å². The Morgan fingerprint density at radius 3 is 1.80 bits per heavy atom. The molecule has 0 saturated carbocycles. The second kappa shape index (κ2) is 16.3. The van der Waals surface area contributed by atoms with Gasteiger partial charge in [0, 0.05) is 6.42 Å². The van der Waals surface area contributed by atoms with Gasteiger partial charge in [0.15, 0.2) is 0 Å². The average molecular weight is 161 g/mol. The molecule has 0 rings (SSSR count). The van der Waals surface area contributed by atoms with Crippen molar-refractivity contribution >= 4 is 21.7 Å². The highest BCUT2D eigenvalue weighted by Crippen LogP contribution is 1.86. The molecule has 0 unspecified atom stereocenters. The Hall–Kier alpha value is 0.566. The van der Waals surface area contributed by atoms with Gasteiger partial charge in [-0.2, -0.15) is 0 Å². The lowest BCUT2D eigenvalue weighted by Crippen LogP contribution is -2.12. The van der Waals surface area contributed by atoms with E-state index in [1.807, 2.05) is 21.7 Å². The van der Waals surface area contributed by atoms with Crippen LogP contribution in [0.4, 0.5) is 0 Å². The molecular formula is C4H9MgO5. The third-order valence-electron chi connectivity index (χ3n) is 0.659. The zero-order valence-electron chi connectivity index (χ0n) is 5.87. The number of hydrogen-bond donors (Lipinski definition) is 0. The van der Waals surface area contributed by atoms with E-state index in [1.165, 1.54) is 17.4 Å². The lowest BCUT2D eigenvalue weighted by molar-refractivity contribution is -0.949. The summed E-state index contributed by atoms with van der Waals surface area (Å²) in [6, 6.07) is 0. The smallest absolute Gasteiger partial charge is 0.690 e. The highest BCUT2D eigenvalue weighted by Gasteiger charge is 2.19. The summed E-state index contributed by atoms with van der Waals surface area (Å²) in [5.41, 5.74) is 0. The first-order chi connectivity index (χ1) is 4.83. The van der Waals surface area contributed by atoms with Gasteiger partial charge in [-0.3, -0.25) is 10.1 Å². The predicted molar refractivity (Wildman–Crippen MR) is 28.7 cm³/mol. The lowest BCUT2D eigenvalue weighted by Gasteiger charge is -2.04. The quantitative estimate of drug-likeness (QED) is 0.294. The van der Waals surface area contributed by atoms with E-state index in [0.29, 0.717) is 0 Å². The normalized spacial score (nSPS) is 8.40. The molecule has 0 aromatic rings. The van der Waals surface area contributed by atoms with E-state index in [-0.39, 0.29) is 0 Å². The Morgan fingerprint density at radius 1 is 1.30 bits per heavy atom. The second-order valence-electron chi connectivity index (χ2n) is 1.41. The van der Waals surface area contributed by atoms with Crippen molar-refractivity contribution in [3.05, 3.63) is 0 Å². The molecule has 0 amide bonds. The Balaban J connectivity index is 0. The molecule has 0 saturated heterocycles. The van der Waals surface area contributed by atoms with Gasteiger partial charge in [-0.25, -0.2) is 0 Å². The molecule has 0 aliphatic carbocycles. The van der Waals surface area contributed by atoms with Gasteiger partial charge in [-0.15, -0.1) is 0 Å². The molecule has 0 aliphatic rings. The van der Waals surface area contributed by atoms with E-state index in [2.05, 4.69) is 22.0 Å². The van der Waals surface area contributed by atoms with E-state index in [9.17, 15) is 0 Å². The molecule has 0 spiro atoms. The second-order valence-corrected chi connectivity index (χ2v) is 2.12. The van der Waals surface area contributed by atoms with Crippen LogP contribution >= 0.6 is 0 Å². The van der Waals surface area contributed by atoms with Gasteiger partial charge in [-0.1, -0.05) is 12.0 Å². The maximum atomic E-state index is 8.48. The summed E-state index contributed by atoms with van der Waals surface area (Å²) in [7, 11) is 0. The van der Waals surface area contributed by atoms with Gasteiger partial charge >= 0.3 is 21.7 Å². The van der Waals surface area contributed by atoms with Crippen LogP contribution in [0.25, 0.3) is 0 Å². The Labute approximate surface area is 72.0 Å². The molecule has 0 N–H and O–H groups in total. The summed E-state index contributed by atoms with van der Waals surface area (Å²) in [4.78, 5) is 0. The Morgan fingerprint density at radius 2 is 1.80 bits per heavy atom. The highest BCUT2D eigenvalue weighted by atomic mass is 24.4. The summed E-state index contributed by atoms with van der Waals surface area (Å²) in [6.45, 7) is 2.22. The SMILES string of the molecule is CCC[CH2][Mg+2].[O-]OOO[O-]. The fraction of sp³-hybridized carbons (Fsp3) is 1.00. The van der Waals surface area contributed by atoms with Crippen LogP contribution < -0.4 is 10.5 Å². The first-order valence-corrected chi connectivity index (χ1v) is 3.87. The first kappa shape index (κ1) is 13.2. The monoisotopic (exact) mass is 161 g/mol. The van der Waals surface area contributed by atoms with Crippen molar-refractivity contribution in [2.24, 2.45) is 0 Å². The first-order valence-electron chi connectivity index (χ1n) is 2.87. The Kier molecular flexibility index (Phi) is 21.5. The van der Waals surface area contributed by atoms with E-state index < -0.39 is 0 Å². The molecule has 6 heteroatoms. The van der Waals surface area contributed by atoms with Crippen LogP contribution in [0.1, 0.15) is 19.8 Å². The molecule has 0 fully saturated rings. The van der Waals surface area contributed by atoms with Crippen molar-refractivity contribution in [3.8, 4) is 0 Å². The zero-order valence-corrected chi connectivity index (χ0v) is 7.28. The molecule has 57 valence electrons. The van der Waals surface area contributed by atoms with Gasteiger partial charge < -0.3 is 10.5 Å². The van der Waals surface area contributed by atoms with Crippen molar-refractivity contribution in [1.82, 2.24) is 0 Å². The van der Waals surface area contributed by atoms with Crippen LogP contribution in [0.5, 0.6) is 0 Å². The van der Waals surface area contributed by atoms with Crippen molar-refractivity contribution in [2.75, 3.05) is 0 Å². The fourth-order valence-corrected chi connectivity index (χ4v) is 0.761. The van der Waals surface area contributed by atoms with Crippen molar-refractivity contribution in [2.45, 2.75) is 24.3 Å². The highest BCUT2D eigenvalue weighted by molar-refractivity contribution is 6.08. The number of unbranched alkanes of at least 4 members (excludes halogenated alkanes) is 1. The fourth-order valence-electron chi connectivity index (χ4n) is 0.261. The zero-order chi connectivity index (χ0) is 8.24. The summed E-state index contributed by atoms with van der Waals surface area (Å²) >= 11 is 2.05. The van der Waals surface area contributed by atoms with Crippen LogP contribution in [0.3, 0.4) is 0 Å². The van der Waals surface area contributed by atoms with Crippen LogP contribution in [0.2, 0.25) is 4.55 Å². The third-order valence-corrected chi connectivity index (χ3v) is 1.16. The van der Waals surface area contributed by atoms with E-state index in [1.54, 1.807) is 0 Å². The summed E-state index contributed by atoms with van der Waals surface area (Å²) < 4.78 is 1.37. The van der Waals surface area contributed by atoms with Gasteiger partial charge in [-0.05, 0) is 6.42 Å². The van der Waals surface area contributed by atoms with E-state index >= 15 is 0 Å². The molecule has 0 aromatic heterocycles. The van der Waals surface area contributed by atoms with Crippen molar-refractivity contribution < 1.29 is 25.6 Å². The van der Waals surface area contributed by atoms with Gasteiger partial charge in [0.2, 0.25) is 0 Å². The molecule has 0 aromatic carbocycles. The molecule has 5 nitrogen and oxygen atoms in total. The van der Waals surface area contributed by atoms with Crippen molar-refractivity contribution in [1.29, 1.82) is 0 Å². The number of hydrogen-bond acceptors (Lipinski definition) is 5. The predicted octanol–water partition coefficient (Wildman–Crippen LogP) is -1.21. The van der Waals surface area contributed by atoms with E-state index in [0.717, 1.165) is 0 Å². The molecule has 0 atom stereocenters. The molecule has 0 bridgehead atoms. The maximum Gasteiger partial charge on any atom is 1.41 e. The summed E-state index contributed by atoms with van der Waals surface area (Å²) in [5.74, 6) is 0. The molecular weight excluding hydrogens is 152 g/mol. The lowest BCUT2D eigenvalue weighted by atomic mass is 10.4. The molecule has 10 heavy (non-hydrogen) atoms. The standard InChI is InChI=1S/C4H9.Mg.H2O5/c1-3-4-2;;1-3-5-4-2/h1,3-4H2,2H3;;1-2H/q;+2;/p-2. The van der Waals surface area contributed by atoms with Gasteiger partial charge in [0.1, 0.15) is 0 Å². The molecule has 0 heterocycles. The van der Waals surface area contributed by atoms with Crippen LogP contribution in [-0.2, 0) is 15.1 Å². The number of rotatable bonds is 4. The summed E-state index contributed by atoms with van der Waals surface area (Å²) in [5, 5.41) is 24.5. The minimum Gasteiger partial charge on any atom is -0.690 e.